The van der Waals surface area contributed by atoms with Crippen molar-refractivity contribution in [3.05, 3.63) is 23.0 Å². The fraction of sp³-hybridized carbons (Fsp3) is 0.857. The molecule has 0 spiro atoms. The predicted octanol–water partition coefficient (Wildman–Crippen LogP) is 7.80. The van der Waals surface area contributed by atoms with Crippen LogP contribution in [0.1, 0.15) is 86.5 Å². The second-order valence-electron chi connectivity index (χ2n) is 13.5. The molecule has 1 unspecified atom stereocenters. The minimum absolute atomic E-state index is 0.0629. The van der Waals surface area contributed by atoms with E-state index in [4.69, 9.17) is 4.43 Å². The first-order valence-corrected chi connectivity index (χ1v) is 16.0. The first kappa shape index (κ1) is 24.7. The summed E-state index contributed by atoms with van der Waals surface area (Å²) in [6.07, 6.45) is 10.6. The summed E-state index contributed by atoms with van der Waals surface area (Å²) in [4.78, 5) is 0. The van der Waals surface area contributed by atoms with Crippen molar-refractivity contribution in [1.82, 2.24) is 0 Å². The molecule has 0 saturated heterocycles. The van der Waals surface area contributed by atoms with Gasteiger partial charge in [0.2, 0.25) is 0 Å². The molecule has 3 fully saturated rings. The minimum Gasteiger partial charge on any atom is -0.414 e. The Morgan fingerprint density at radius 1 is 1.12 bits per heavy atom. The number of aliphatic hydroxyl groups is 1. The molecule has 7 atom stereocenters. The molecule has 0 amide bonds. The molecule has 1 N–H and O–H groups in total. The summed E-state index contributed by atoms with van der Waals surface area (Å²) in [5.41, 5.74) is 2.79. The lowest BCUT2D eigenvalue weighted by Crippen LogP contribution is -2.53. The summed E-state index contributed by atoms with van der Waals surface area (Å²) in [5, 5.41) is 9.73. The van der Waals surface area contributed by atoms with Crippen LogP contribution >= 0.6 is 0 Å². The van der Waals surface area contributed by atoms with Gasteiger partial charge in [-0.3, -0.25) is 0 Å². The molecule has 4 rings (SSSR count). The molecule has 3 saturated carbocycles. The van der Waals surface area contributed by atoms with E-state index in [0.29, 0.717) is 29.8 Å². The molecule has 0 radical (unpaired) electrons. The van der Waals surface area contributed by atoms with Crippen molar-refractivity contribution >= 4 is 8.32 Å². The zero-order chi connectivity index (χ0) is 23.7. The molecule has 0 aromatic heterocycles. The Hall–Kier alpha value is -0.453. The molecule has 2 nitrogen and oxygen atoms in total. The maximum Gasteiger partial charge on any atom is 0.192 e. The molecule has 0 bridgehead atoms. The van der Waals surface area contributed by atoms with Crippen LogP contribution in [0.2, 0.25) is 18.1 Å². The van der Waals surface area contributed by atoms with Gasteiger partial charge in [0.25, 0.3) is 0 Å². The fourth-order valence-electron chi connectivity index (χ4n) is 8.03. The van der Waals surface area contributed by atoms with Crippen LogP contribution in [0.15, 0.2) is 23.0 Å². The van der Waals surface area contributed by atoms with Gasteiger partial charge in [-0.15, -0.1) is 0 Å². The Morgan fingerprint density at radius 2 is 1.75 bits per heavy atom. The zero-order valence-corrected chi connectivity index (χ0v) is 22.9. The third-order valence-electron chi connectivity index (χ3n) is 10.9. The van der Waals surface area contributed by atoms with E-state index in [1.165, 1.54) is 19.3 Å². The third-order valence-corrected chi connectivity index (χ3v) is 15.4. The molecule has 32 heavy (non-hydrogen) atoms. The van der Waals surface area contributed by atoms with Gasteiger partial charge in [0.15, 0.2) is 8.32 Å². The first-order valence-electron chi connectivity index (χ1n) is 13.1. The van der Waals surface area contributed by atoms with Crippen molar-refractivity contribution in [2.75, 3.05) is 6.61 Å². The average molecular weight is 463 g/mol. The monoisotopic (exact) mass is 462 g/mol. The largest absolute Gasteiger partial charge is 0.414 e. The molecule has 0 aromatic rings. The SMILES string of the molecule is C[C@@H]1C=C2CC(O[Si](C)(C)C(C)(C)C)CC[C@]2(C)[C@H]2CC[C@]3(C)C(=C(F)CO)CC[C@H]3[C@H]12. The van der Waals surface area contributed by atoms with E-state index < -0.39 is 14.9 Å². The van der Waals surface area contributed by atoms with Crippen LogP contribution < -0.4 is 0 Å². The highest BCUT2D eigenvalue weighted by atomic mass is 28.4. The second-order valence-corrected chi connectivity index (χ2v) is 18.3. The van der Waals surface area contributed by atoms with E-state index in [1.54, 1.807) is 5.57 Å². The zero-order valence-electron chi connectivity index (χ0n) is 21.9. The van der Waals surface area contributed by atoms with E-state index in [0.717, 1.165) is 31.3 Å². The van der Waals surface area contributed by atoms with Gasteiger partial charge >= 0.3 is 0 Å². The van der Waals surface area contributed by atoms with Crippen molar-refractivity contribution in [2.45, 2.75) is 111 Å². The number of allylic oxidation sites excluding steroid dienone is 2. The van der Waals surface area contributed by atoms with E-state index >= 15 is 0 Å². The van der Waals surface area contributed by atoms with Crippen molar-refractivity contribution in [3.63, 3.8) is 0 Å². The quantitative estimate of drug-likeness (QED) is 0.342. The Kier molecular flexibility index (Phi) is 6.21. The van der Waals surface area contributed by atoms with Crippen LogP contribution in [-0.2, 0) is 4.43 Å². The highest BCUT2D eigenvalue weighted by molar-refractivity contribution is 6.74. The van der Waals surface area contributed by atoms with Gasteiger partial charge in [-0.1, -0.05) is 53.2 Å². The maximum atomic E-state index is 14.6. The normalized spacial score (nSPS) is 43.8. The summed E-state index contributed by atoms with van der Waals surface area (Å²) < 4.78 is 21.5. The van der Waals surface area contributed by atoms with Crippen molar-refractivity contribution in [1.29, 1.82) is 0 Å². The molecule has 4 heteroatoms. The Bertz CT molecular complexity index is 809. The lowest BCUT2D eigenvalue weighted by atomic mass is 9.46. The summed E-state index contributed by atoms with van der Waals surface area (Å²) in [5.74, 6) is 2.16. The molecule has 0 aliphatic heterocycles. The van der Waals surface area contributed by atoms with Gasteiger partial charge in [0.1, 0.15) is 5.83 Å². The van der Waals surface area contributed by atoms with Gasteiger partial charge in [-0.25, -0.2) is 4.39 Å². The van der Waals surface area contributed by atoms with Crippen LogP contribution in [0.5, 0.6) is 0 Å². The molecule has 4 aliphatic rings. The molecule has 182 valence electrons. The van der Waals surface area contributed by atoms with Crippen molar-refractivity contribution < 1.29 is 13.9 Å². The van der Waals surface area contributed by atoms with Crippen LogP contribution in [0, 0.1) is 34.5 Å². The van der Waals surface area contributed by atoms with E-state index in [9.17, 15) is 9.50 Å². The highest BCUT2D eigenvalue weighted by Crippen LogP contribution is 2.67. The lowest BCUT2D eigenvalue weighted by Gasteiger charge is -2.59. The van der Waals surface area contributed by atoms with Crippen LogP contribution in [0.25, 0.3) is 0 Å². The van der Waals surface area contributed by atoms with E-state index in [2.05, 4.69) is 60.7 Å². The first-order chi connectivity index (χ1) is 14.7. The summed E-state index contributed by atoms with van der Waals surface area (Å²) in [7, 11) is -1.76. The summed E-state index contributed by atoms with van der Waals surface area (Å²) >= 11 is 0. The van der Waals surface area contributed by atoms with Gasteiger partial charge in [0.05, 0.1) is 6.61 Å². The maximum absolute atomic E-state index is 14.6. The number of halogens is 1. The van der Waals surface area contributed by atoms with Gasteiger partial charge < -0.3 is 9.53 Å². The summed E-state index contributed by atoms with van der Waals surface area (Å²) in [6, 6.07) is 0. The number of hydrogen-bond acceptors (Lipinski definition) is 2. The van der Waals surface area contributed by atoms with E-state index in [1.807, 2.05) is 0 Å². The van der Waals surface area contributed by atoms with Crippen molar-refractivity contribution in [3.8, 4) is 0 Å². The van der Waals surface area contributed by atoms with Crippen molar-refractivity contribution in [2.24, 2.45) is 34.5 Å². The number of fused-ring (bicyclic) bond motifs is 5. The van der Waals surface area contributed by atoms with Crippen LogP contribution in [0.3, 0.4) is 0 Å². The molecule has 4 aliphatic carbocycles. The number of rotatable bonds is 3. The average Bonchev–Trinajstić information content (AvgIpc) is 3.04. The predicted molar refractivity (Wildman–Crippen MR) is 134 cm³/mol. The fourth-order valence-corrected chi connectivity index (χ4v) is 9.42. The molecular formula is C28H47FO2Si. The van der Waals surface area contributed by atoms with Gasteiger partial charge in [0, 0.05) is 6.10 Å². The Balaban J connectivity index is 1.60. The molecular weight excluding hydrogens is 415 g/mol. The second kappa shape index (κ2) is 8.05. The Labute approximate surface area is 197 Å². The Morgan fingerprint density at radius 3 is 2.38 bits per heavy atom. The summed E-state index contributed by atoms with van der Waals surface area (Å²) in [6.45, 7) is 18.6. The standard InChI is InChI=1S/C28H47FO2Si/c1-18-15-19-16-20(31-32(7,8)26(2,3)4)11-13-27(19,5)23-12-14-28(6)21(24(29)17-30)9-10-22(28)25(18)23/h15,18,20,22-23,25,30H,9-14,16-17H2,1-8H3/t18-,20?,22+,23+,25+,27+,28-/m1/s1. The third kappa shape index (κ3) is 3.71. The molecule has 0 heterocycles. The lowest BCUT2D eigenvalue weighted by molar-refractivity contribution is -0.0449. The van der Waals surface area contributed by atoms with E-state index in [-0.39, 0.29) is 21.7 Å². The van der Waals surface area contributed by atoms with Crippen LogP contribution in [-0.4, -0.2) is 26.1 Å². The minimum atomic E-state index is -1.76. The van der Waals surface area contributed by atoms with Gasteiger partial charge in [-0.2, -0.15) is 0 Å². The number of aliphatic hydroxyl groups excluding tert-OH is 1. The molecule has 0 aromatic carbocycles. The van der Waals surface area contributed by atoms with Gasteiger partial charge in [-0.05, 0) is 103 Å². The number of hydrogen-bond donors (Lipinski definition) is 1. The highest BCUT2D eigenvalue weighted by Gasteiger charge is 2.59. The van der Waals surface area contributed by atoms with Crippen LogP contribution in [0.4, 0.5) is 4.39 Å². The topological polar surface area (TPSA) is 29.5 Å². The smallest absolute Gasteiger partial charge is 0.192 e.